The largest absolute Gasteiger partial charge is 0.368 e. The Morgan fingerprint density at radius 3 is 2.75 bits per heavy atom. The number of fused-ring (bicyclic) bond motifs is 2. The number of aromatic amines is 1. The molecule has 0 radical (unpaired) electrons. The summed E-state index contributed by atoms with van der Waals surface area (Å²) in [6, 6.07) is 8.08. The minimum atomic E-state index is -1.44. The third-order valence-electron chi connectivity index (χ3n) is 8.17. The first-order chi connectivity index (χ1) is 19.2. The lowest BCUT2D eigenvalue weighted by molar-refractivity contribution is 0.169. The molecule has 1 aliphatic heterocycles. The average molecular weight is 576 g/mol. The van der Waals surface area contributed by atoms with Gasteiger partial charge in [-0.3, -0.25) is 15.2 Å². The van der Waals surface area contributed by atoms with Crippen molar-refractivity contribution in [1.29, 1.82) is 5.26 Å². The van der Waals surface area contributed by atoms with Gasteiger partial charge in [-0.15, -0.1) is 0 Å². The van der Waals surface area contributed by atoms with Gasteiger partial charge in [-0.05, 0) is 80.3 Å². The molecule has 1 unspecified atom stereocenters. The molecule has 0 aromatic carbocycles. The quantitative estimate of drug-likeness (QED) is 0.287. The Labute approximate surface area is 238 Å². The highest BCUT2D eigenvalue weighted by Gasteiger charge is 2.50. The van der Waals surface area contributed by atoms with Gasteiger partial charge in [0.2, 0.25) is 11.9 Å². The van der Waals surface area contributed by atoms with Gasteiger partial charge in [0, 0.05) is 31.2 Å². The van der Waals surface area contributed by atoms with Crippen molar-refractivity contribution in [2.45, 2.75) is 60.2 Å². The smallest absolute Gasteiger partial charge is 0.228 e. The molecule has 0 bridgehead atoms. The number of piperidine rings is 1. The number of nitrogen functional groups attached to an aromatic ring is 1. The van der Waals surface area contributed by atoms with Crippen LogP contribution in [0.4, 0.5) is 11.9 Å². The van der Waals surface area contributed by atoms with Crippen LogP contribution in [0.3, 0.4) is 0 Å². The highest BCUT2D eigenvalue weighted by atomic mass is 32.2. The van der Waals surface area contributed by atoms with Crippen LogP contribution >= 0.6 is 11.8 Å². The second kappa shape index (κ2) is 10.1. The van der Waals surface area contributed by atoms with Crippen LogP contribution in [0.15, 0.2) is 40.6 Å². The Morgan fingerprint density at radius 1 is 1.23 bits per heavy atom. The van der Waals surface area contributed by atoms with Crippen molar-refractivity contribution in [2.24, 2.45) is 10.6 Å². The Morgan fingerprint density at radius 2 is 2.02 bits per heavy atom. The van der Waals surface area contributed by atoms with Gasteiger partial charge in [0.15, 0.2) is 11.3 Å². The van der Waals surface area contributed by atoms with E-state index < -0.39 is 15.7 Å². The summed E-state index contributed by atoms with van der Waals surface area (Å²) in [6.45, 7) is 5.40. The third kappa shape index (κ3) is 4.67. The van der Waals surface area contributed by atoms with Crippen molar-refractivity contribution in [1.82, 2.24) is 35.1 Å². The van der Waals surface area contributed by atoms with E-state index in [-0.39, 0.29) is 23.0 Å². The maximum Gasteiger partial charge on any atom is 0.228 e. The molecule has 4 aromatic heterocycles. The zero-order valence-electron chi connectivity index (χ0n) is 22.2. The maximum absolute atomic E-state index is 12.4. The molecule has 12 nitrogen and oxygen atoms in total. The molecular weight excluding hydrogens is 546 g/mol. The summed E-state index contributed by atoms with van der Waals surface area (Å²) in [6.07, 6.45) is 6.81. The van der Waals surface area contributed by atoms with Crippen LogP contribution in [-0.4, -0.2) is 57.2 Å². The van der Waals surface area contributed by atoms with Crippen molar-refractivity contribution in [2.75, 3.05) is 23.7 Å². The van der Waals surface area contributed by atoms with Crippen LogP contribution in [0.2, 0.25) is 0 Å². The normalized spacial score (nSPS) is 19.1. The van der Waals surface area contributed by atoms with Crippen LogP contribution < -0.4 is 15.8 Å². The number of nitrogens with one attached hydrogen (secondary N) is 1. The number of rotatable bonds is 6. The fraction of sp³-hybridized carbons (Fsp3) is 0.423. The Bertz CT molecular complexity index is 1660. The number of nitrogens with two attached hydrogens (primary N) is 2. The van der Waals surface area contributed by atoms with Crippen molar-refractivity contribution in [3.8, 4) is 6.07 Å². The molecule has 0 amide bonds. The number of hydrogen-bond donors (Lipinski definition) is 3. The van der Waals surface area contributed by atoms with Gasteiger partial charge in [-0.25, -0.2) is 19.2 Å². The molecule has 206 valence electrons. The average Bonchev–Trinajstić information content (AvgIpc) is 3.47. The first kappa shape index (κ1) is 26.5. The predicted molar refractivity (Wildman–Crippen MR) is 153 cm³/mol. The summed E-state index contributed by atoms with van der Waals surface area (Å²) < 4.78 is 11.8. The van der Waals surface area contributed by atoms with Crippen LogP contribution in [0.25, 0.3) is 11.0 Å². The summed E-state index contributed by atoms with van der Waals surface area (Å²) in [5.74, 6) is 0.871. The molecule has 1 fully saturated rings. The lowest BCUT2D eigenvalue weighted by atomic mass is 9.67. The Kier molecular flexibility index (Phi) is 6.68. The summed E-state index contributed by atoms with van der Waals surface area (Å²) >= 11 is 1.27. The standard InChI is InChI=1S/C26H29N11OS2/c1-25(2,40(29)38)12-16-15-4-3-8-30-17(15)13-26(16)6-10-37(11-7-26)24-32-18(14-27)20-21(34-24)35-36-22(20)39-19-5-9-31-23(28)33-19/h3-5,8-9,16H,6-7,10-13,29H2,1-2H3,(H2,28,31,33)(H,32,34,35,36)/t16-,40?/m1/s1. The molecule has 14 heteroatoms. The van der Waals surface area contributed by atoms with E-state index >= 15 is 0 Å². The molecular formula is C26H29N11OS2. The van der Waals surface area contributed by atoms with Crippen LogP contribution in [0.1, 0.15) is 56.0 Å². The fourth-order valence-electron chi connectivity index (χ4n) is 5.98. The molecule has 1 spiro atoms. The number of nitrogens with zero attached hydrogens (tertiary/aromatic N) is 8. The van der Waals surface area contributed by atoms with E-state index in [2.05, 4.69) is 42.2 Å². The van der Waals surface area contributed by atoms with E-state index in [1.807, 2.05) is 26.1 Å². The number of pyridine rings is 1. The Hall–Kier alpha value is -3.67. The molecule has 2 atom stereocenters. The number of anilines is 2. The predicted octanol–water partition coefficient (Wildman–Crippen LogP) is 2.86. The molecule has 5 N–H and O–H groups in total. The van der Waals surface area contributed by atoms with Gasteiger partial charge in [0.05, 0.1) is 21.1 Å². The molecule has 40 heavy (non-hydrogen) atoms. The van der Waals surface area contributed by atoms with Crippen molar-refractivity contribution in [3.05, 3.63) is 47.5 Å². The second-order valence-electron chi connectivity index (χ2n) is 11.0. The summed E-state index contributed by atoms with van der Waals surface area (Å²) in [7, 11) is -1.44. The molecule has 0 saturated carbocycles. The number of aromatic nitrogens is 7. The van der Waals surface area contributed by atoms with E-state index in [0.29, 0.717) is 27.0 Å². The first-order valence-corrected chi connectivity index (χ1v) is 15.0. The molecule has 5 heterocycles. The van der Waals surface area contributed by atoms with Crippen molar-refractivity contribution < 1.29 is 4.21 Å². The zero-order valence-corrected chi connectivity index (χ0v) is 23.8. The number of nitriles is 1. The zero-order chi connectivity index (χ0) is 28.1. The Balaban J connectivity index is 1.26. The molecule has 1 saturated heterocycles. The molecule has 6 rings (SSSR count). The van der Waals surface area contributed by atoms with E-state index in [9.17, 15) is 9.47 Å². The minimum Gasteiger partial charge on any atom is -0.368 e. The van der Waals surface area contributed by atoms with Crippen LogP contribution in [-0.2, 0) is 17.4 Å². The van der Waals surface area contributed by atoms with E-state index in [0.717, 1.165) is 44.5 Å². The van der Waals surface area contributed by atoms with Crippen LogP contribution in [0, 0.1) is 16.7 Å². The van der Waals surface area contributed by atoms with E-state index in [1.165, 1.54) is 17.3 Å². The highest BCUT2D eigenvalue weighted by Crippen LogP contribution is 2.56. The lowest BCUT2D eigenvalue weighted by Crippen LogP contribution is -2.45. The maximum atomic E-state index is 12.4. The van der Waals surface area contributed by atoms with Gasteiger partial charge in [0.25, 0.3) is 0 Å². The topological polar surface area (TPSA) is 189 Å². The molecule has 2 aliphatic rings. The number of H-pyrrole nitrogens is 1. The molecule has 4 aromatic rings. The van der Waals surface area contributed by atoms with Gasteiger partial charge in [0.1, 0.15) is 16.1 Å². The SMILES string of the molecule is CC(C)(C[C@@H]1c2cccnc2CC12CCN(c1nc(C#N)c3c(Sc4ccnc(N)n4)n[nH]c3n1)CC2)S(N)=O. The minimum absolute atomic E-state index is 0.0107. The van der Waals surface area contributed by atoms with Gasteiger partial charge < -0.3 is 10.6 Å². The summed E-state index contributed by atoms with van der Waals surface area (Å²) in [4.78, 5) is 24.3. The first-order valence-electron chi connectivity index (χ1n) is 13.0. The van der Waals surface area contributed by atoms with Gasteiger partial charge >= 0.3 is 0 Å². The second-order valence-corrected chi connectivity index (χ2v) is 13.7. The summed E-state index contributed by atoms with van der Waals surface area (Å²) in [5, 5.41) is 24.9. The monoisotopic (exact) mass is 575 g/mol. The van der Waals surface area contributed by atoms with Gasteiger partial charge in [-0.1, -0.05) is 6.07 Å². The fourth-order valence-corrected chi connectivity index (χ4v) is 7.16. The summed E-state index contributed by atoms with van der Waals surface area (Å²) in [5.41, 5.74) is 8.81. The van der Waals surface area contributed by atoms with Crippen molar-refractivity contribution in [3.63, 3.8) is 0 Å². The highest BCUT2D eigenvalue weighted by molar-refractivity contribution is 7.99. The lowest BCUT2D eigenvalue weighted by Gasteiger charge is -2.45. The van der Waals surface area contributed by atoms with E-state index in [4.69, 9.17) is 20.8 Å². The third-order valence-corrected chi connectivity index (χ3v) is 10.4. The van der Waals surface area contributed by atoms with E-state index in [1.54, 1.807) is 12.3 Å². The van der Waals surface area contributed by atoms with Crippen molar-refractivity contribution >= 4 is 45.7 Å². The van der Waals surface area contributed by atoms with Gasteiger partial charge in [-0.2, -0.15) is 15.3 Å². The number of hydrogen-bond acceptors (Lipinski definition) is 11. The van der Waals surface area contributed by atoms with Crippen LogP contribution in [0.5, 0.6) is 0 Å². The molecule has 1 aliphatic carbocycles.